The van der Waals surface area contributed by atoms with E-state index >= 15 is 0 Å². The highest BCUT2D eigenvalue weighted by molar-refractivity contribution is 6.30. The molecular formula is C18H24ClN3O4. The van der Waals surface area contributed by atoms with Gasteiger partial charge in [-0.3, -0.25) is 4.90 Å². The van der Waals surface area contributed by atoms with Crippen LogP contribution in [-0.4, -0.2) is 80.0 Å². The zero-order chi connectivity index (χ0) is 17.9. The molecule has 0 spiro atoms. The first-order chi connectivity index (χ1) is 12.7. The number of piperazine rings is 1. The van der Waals surface area contributed by atoms with E-state index in [0.29, 0.717) is 37.9 Å². The summed E-state index contributed by atoms with van der Waals surface area (Å²) in [7, 11) is 0. The van der Waals surface area contributed by atoms with Crippen LogP contribution in [0.2, 0.25) is 5.02 Å². The van der Waals surface area contributed by atoms with Gasteiger partial charge in [0.05, 0.1) is 19.8 Å². The van der Waals surface area contributed by atoms with Crippen molar-refractivity contribution in [2.45, 2.75) is 13.2 Å². The van der Waals surface area contributed by atoms with Gasteiger partial charge in [0, 0.05) is 62.0 Å². The average molecular weight is 382 g/mol. The standard InChI is InChI=1S/C18H24ClN3O4/c19-16-9-14(17-15(10-16)12-25-13-26-17)11-20-1-3-21(4-2-20)18(23)22-5-7-24-8-6-22/h9-10H,1-8,11-13H2. The Morgan fingerprint density at radius 3 is 2.50 bits per heavy atom. The smallest absolute Gasteiger partial charge is 0.320 e. The molecule has 2 amide bonds. The second-order valence-corrected chi connectivity index (χ2v) is 7.25. The van der Waals surface area contributed by atoms with Gasteiger partial charge in [-0.1, -0.05) is 11.6 Å². The fourth-order valence-corrected chi connectivity index (χ4v) is 3.93. The average Bonchev–Trinajstić information content (AvgIpc) is 2.68. The maximum Gasteiger partial charge on any atom is 0.320 e. The van der Waals surface area contributed by atoms with Gasteiger partial charge >= 0.3 is 6.03 Å². The second kappa shape index (κ2) is 8.00. The van der Waals surface area contributed by atoms with E-state index < -0.39 is 0 Å². The van der Waals surface area contributed by atoms with Crippen molar-refractivity contribution in [2.75, 3.05) is 59.3 Å². The lowest BCUT2D eigenvalue weighted by Crippen LogP contribution is -2.54. The second-order valence-electron chi connectivity index (χ2n) is 6.81. The molecule has 1 aromatic rings. The number of hydrogen-bond acceptors (Lipinski definition) is 5. The van der Waals surface area contributed by atoms with Gasteiger partial charge < -0.3 is 24.0 Å². The normalized spacial score (nSPS) is 21.3. The minimum atomic E-state index is 0.133. The lowest BCUT2D eigenvalue weighted by Gasteiger charge is -2.38. The van der Waals surface area contributed by atoms with Crippen LogP contribution >= 0.6 is 11.6 Å². The van der Waals surface area contributed by atoms with Crippen LogP contribution in [0.1, 0.15) is 11.1 Å². The first-order valence-electron chi connectivity index (χ1n) is 9.06. The van der Waals surface area contributed by atoms with E-state index in [9.17, 15) is 4.79 Å². The van der Waals surface area contributed by atoms with Gasteiger partial charge in [-0.2, -0.15) is 0 Å². The molecule has 0 radical (unpaired) electrons. The minimum Gasteiger partial charge on any atom is -0.467 e. The Bertz CT molecular complexity index is 658. The number of benzene rings is 1. The molecule has 26 heavy (non-hydrogen) atoms. The summed E-state index contributed by atoms with van der Waals surface area (Å²) in [6, 6.07) is 4.00. The number of nitrogens with zero attached hydrogens (tertiary/aromatic N) is 3. The van der Waals surface area contributed by atoms with Crippen LogP contribution in [0.3, 0.4) is 0 Å². The van der Waals surface area contributed by atoms with Crippen molar-refractivity contribution >= 4 is 17.6 Å². The van der Waals surface area contributed by atoms with E-state index in [2.05, 4.69) is 4.90 Å². The third kappa shape index (κ3) is 3.91. The monoisotopic (exact) mass is 381 g/mol. The van der Waals surface area contributed by atoms with E-state index in [4.69, 9.17) is 25.8 Å². The molecule has 7 nitrogen and oxygen atoms in total. The summed E-state index contributed by atoms with van der Waals surface area (Å²) in [6.45, 7) is 7.38. The first kappa shape index (κ1) is 17.9. The Kier molecular flexibility index (Phi) is 5.49. The fraction of sp³-hybridized carbons (Fsp3) is 0.611. The molecule has 0 N–H and O–H groups in total. The third-order valence-electron chi connectivity index (χ3n) is 5.07. The van der Waals surface area contributed by atoms with E-state index in [1.807, 2.05) is 21.9 Å². The molecule has 1 aromatic carbocycles. The van der Waals surface area contributed by atoms with Crippen molar-refractivity contribution in [3.63, 3.8) is 0 Å². The zero-order valence-corrected chi connectivity index (χ0v) is 15.5. The molecule has 0 unspecified atom stereocenters. The maximum absolute atomic E-state index is 12.6. The number of hydrogen-bond donors (Lipinski definition) is 0. The highest BCUT2D eigenvalue weighted by Crippen LogP contribution is 2.32. The Morgan fingerprint density at radius 1 is 1.00 bits per heavy atom. The summed E-state index contributed by atoms with van der Waals surface area (Å²) < 4.78 is 16.4. The summed E-state index contributed by atoms with van der Waals surface area (Å²) in [5.74, 6) is 0.896. The lowest BCUT2D eigenvalue weighted by molar-refractivity contribution is -0.0176. The number of halogens is 1. The summed E-state index contributed by atoms with van der Waals surface area (Å²) in [4.78, 5) is 18.8. The van der Waals surface area contributed by atoms with E-state index in [0.717, 1.165) is 49.6 Å². The quantitative estimate of drug-likeness (QED) is 0.781. The number of amides is 2. The number of carbonyl (C=O) groups excluding carboxylic acids is 1. The highest BCUT2D eigenvalue weighted by Gasteiger charge is 2.27. The largest absolute Gasteiger partial charge is 0.467 e. The molecule has 3 aliphatic heterocycles. The first-order valence-corrected chi connectivity index (χ1v) is 9.44. The van der Waals surface area contributed by atoms with Gasteiger partial charge in [-0.25, -0.2) is 4.79 Å². The summed E-state index contributed by atoms with van der Waals surface area (Å²) in [5, 5.41) is 0.703. The number of rotatable bonds is 2. The van der Waals surface area contributed by atoms with Gasteiger partial charge in [-0.05, 0) is 12.1 Å². The number of ether oxygens (including phenoxy) is 3. The SMILES string of the molecule is O=C(N1CCOCC1)N1CCN(Cc2cc(Cl)cc3c2OCOC3)CC1. The number of urea groups is 1. The van der Waals surface area contributed by atoms with Crippen molar-refractivity contribution in [3.8, 4) is 5.75 Å². The molecule has 0 bridgehead atoms. The van der Waals surface area contributed by atoms with Crippen molar-refractivity contribution in [2.24, 2.45) is 0 Å². The topological polar surface area (TPSA) is 54.5 Å². The van der Waals surface area contributed by atoms with Crippen LogP contribution in [0, 0.1) is 0 Å². The van der Waals surface area contributed by atoms with Crippen LogP contribution in [0.15, 0.2) is 12.1 Å². The molecule has 2 saturated heterocycles. The Hall–Kier alpha value is -1.54. The summed E-state index contributed by atoms with van der Waals surface area (Å²) >= 11 is 6.25. The van der Waals surface area contributed by atoms with Gasteiger partial charge in [0.2, 0.25) is 0 Å². The molecule has 0 saturated carbocycles. The Balaban J connectivity index is 1.35. The van der Waals surface area contributed by atoms with Crippen LogP contribution < -0.4 is 4.74 Å². The van der Waals surface area contributed by atoms with Crippen LogP contribution in [-0.2, 0) is 22.6 Å². The van der Waals surface area contributed by atoms with E-state index in [1.165, 1.54) is 0 Å². The molecule has 8 heteroatoms. The minimum absolute atomic E-state index is 0.133. The van der Waals surface area contributed by atoms with Crippen molar-refractivity contribution < 1.29 is 19.0 Å². The predicted molar refractivity (Wildman–Crippen MR) is 96.4 cm³/mol. The van der Waals surface area contributed by atoms with Gasteiger partial charge in [0.25, 0.3) is 0 Å². The van der Waals surface area contributed by atoms with Crippen LogP contribution in [0.4, 0.5) is 4.79 Å². The highest BCUT2D eigenvalue weighted by atomic mass is 35.5. The van der Waals surface area contributed by atoms with Gasteiger partial charge in [-0.15, -0.1) is 0 Å². The van der Waals surface area contributed by atoms with Crippen LogP contribution in [0.25, 0.3) is 0 Å². The summed E-state index contributed by atoms with van der Waals surface area (Å²) in [5.41, 5.74) is 2.09. The molecule has 0 atom stereocenters. The third-order valence-corrected chi connectivity index (χ3v) is 5.29. The number of carbonyl (C=O) groups is 1. The molecule has 0 aliphatic carbocycles. The van der Waals surface area contributed by atoms with Gasteiger partial charge in [0.1, 0.15) is 5.75 Å². The van der Waals surface area contributed by atoms with Gasteiger partial charge in [0.15, 0.2) is 6.79 Å². The fourth-order valence-electron chi connectivity index (χ4n) is 3.67. The molecule has 142 valence electrons. The van der Waals surface area contributed by atoms with Crippen molar-refractivity contribution in [1.82, 2.24) is 14.7 Å². The van der Waals surface area contributed by atoms with Crippen LogP contribution in [0.5, 0.6) is 5.75 Å². The molecule has 3 heterocycles. The molecule has 2 fully saturated rings. The van der Waals surface area contributed by atoms with Crippen molar-refractivity contribution in [1.29, 1.82) is 0 Å². The molecule has 0 aromatic heterocycles. The zero-order valence-electron chi connectivity index (χ0n) is 14.8. The molecule has 3 aliphatic rings. The van der Waals surface area contributed by atoms with E-state index in [1.54, 1.807) is 0 Å². The van der Waals surface area contributed by atoms with Crippen molar-refractivity contribution in [3.05, 3.63) is 28.3 Å². The number of morpholine rings is 1. The molecule has 4 rings (SSSR count). The Morgan fingerprint density at radius 2 is 1.73 bits per heavy atom. The molecular weight excluding hydrogens is 358 g/mol. The maximum atomic E-state index is 12.6. The predicted octanol–water partition coefficient (Wildman–Crippen LogP) is 1.78. The summed E-state index contributed by atoms with van der Waals surface area (Å²) in [6.07, 6.45) is 0. The Labute approximate surface area is 158 Å². The van der Waals surface area contributed by atoms with E-state index in [-0.39, 0.29) is 12.8 Å². The lowest BCUT2D eigenvalue weighted by atomic mass is 10.1. The number of fused-ring (bicyclic) bond motifs is 1.